The lowest BCUT2D eigenvalue weighted by atomic mass is 9.86. The minimum atomic E-state index is -4.52. The molecule has 5 rings (SSSR count). The fourth-order valence-corrected chi connectivity index (χ4v) is 7.98. The van der Waals surface area contributed by atoms with Gasteiger partial charge in [0.1, 0.15) is 54.0 Å². The van der Waals surface area contributed by atoms with E-state index in [1.165, 1.54) is 38.2 Å². The monoisotopic (exact) mass is 1010 g/mol. The summed E-state index contributed by atoms with van der Waals surface area (Å²) in [6.45, 7) is 7.89. The lowest BCUT2D eigenvalue weighted by Gasteiger charge is -2.33. The predicted octanol–water partition coefficient (Wildman–Crippen LogP) is 0.311. The van der Waals surface area contributed by atoms with Crippen molar-refractivity contribution >= 4 is 45.6 Å². The molecule has 1 aliphatic heterocycles. The van der Waals surface area contributed by atoms with Gasteiger partial charge < -0.3 is 62.4 Å². The molecule has 71 heavy (non-hydrogen) atoms. The van der Waals surface area contributed by atoms with Gasteiger partial charge in [-0.1, -0.05) is 51.1 Å². The summed E-state index contributed by atoms with van der Waals surface area (Å²) in [4.78, 5) is 80.1. The molecule has 0 radical (unpaired) electrons. The van der Waals surface area contributed by atoms with Crippen molar-refractivity contribution in [3.63, 3.8) is 0 Å². The highest BCUT2D eigenvalue weighted by Crippen LogP contribution is 2.45. The smallest absolute Gasteiger partial charge is 0.326 e. The molecule has 0 spiro atoms. The number of fused-ring (bicyclic) bond motifs is 5. The maximum Gasteiger partial charge on any atom is 0.326 e. The molecule has 0 saturated heterocycles. The summed E-state index contributed by atoms with van der Waals surface area (Å²) in [6.07, 6.45) is -1.06. The number of amides is 4. The van der Waals surface area contributed by atoms with Crippen molar-refractivity contribution in [2.24, 2.45) is 16.6 Å². The summed E-state index contributed by atoms with van der Waals surface area (Å²) < 4.78 is 38.6. The number of carboxylic acid groups (broad SMARTS) is 1. The Bertz CT molecular complexity index is 2740. The summed E-state index contributed by atoms with van der Waals surface area (Å²) in [5.41, 5.74) is 13.4. The van der Waals surface area contributed by atoms with Crippen molar-refractivity contribution in [3.05, 3.63) is 82.5 Å². The molecule has 1 aromatic heterocycles. The number of ether oxygens (including phenoxy) is 2. The number of phenols is 1. The average Bonchev–Trinajstić information content (AvgIpc) is 3.31. The van der Waals surface area contributed by atoms with Crippen LogP contribution in [0.4, 0.5) is 5.82 Å². The molecular weight excluding hydrogens is 943 g/mol. The number of nitrogens with one attached hydrogen (secondary N) is 5. The van der Waals surface area contributed by atoms with Crippen LogP contribution in [0.3, 0.4) is 0 Å². The number of hydrogen-bond acceptors (Lipinski definition) is 16. The van der Waals surface area contributed by atoms with Gasteiger partial charge in [-0.05, 0) is 73.2 Å². The van der Waals surface area contributed by atoms with Crippen LogP contribution in [0.25, 0.3) is 22.5 Å². The van der Waals surface area contributed by atoms with E-state index in [-0.39, 0.29) is 82.6 Å². The highest BCUT2D eigenvalue weighted by Gasteiger charge is 2.38. The van der Waals surface area contributed by atoms with E-state index in [1.54, 1.807) is 13.0 Å². The van der Waals surface area contributed by atoms with Crippen LogP contribution in [0.15, 0.2) is 54.6 Å². The van der Waals surface area contributed by atoms with Crippen molar-refractivity contribution in [1.29, 1.82) is 0 Å². The van der Waals surface area contributed by atoms with Crippen LogP contribution in [-0.2, 0) is 41.2 Å². The second kappa shape index (κ2) is 23.3. The summed E-state index contributed by atoms with van der Waals surface area (Å²) in [5, 5.41) is 48.2. The Labute approximate surface area is 411 Å². The number of anilines is 1. The van der Waals surface area contributed by atoms with Gasteiger partial charge >= 0.3 is 5.97 Å². The van der Waals surface area contributed by atoms with E-state index in [2.05, 4.69) is 52.0 Å². The van der Waals surface area contributed by atoms with E-state index in [4.69, 9.17) is 26.1 Å². The van der Waals surface area contributed by atoms with E-state index >= 15 is 0 Å². The number of carbonyl (C=O) groups is 5. The van der Waals surface area contributed by atoms with E-state index in [0.717, 1.165) is 17.5 Å². The molecule has 4 amide bonds. The van der Waals surface area contributed by atoms with Gasteiger partial charge in [-0.25, -0.2) is 19.9 Å². The van der Waals surface area contributed by atoms with Gasteiger partial charge in [-0.15, -0.1) is 0 Å². The van der Waals surface area contributed by atoms with Gasteiger partial charge in [0.2, 0.25) is 17.7 Å². The van der Waals surface area contributed by atoms with Crippen molar-refractivity contribution in [1.82, 2.24) is 35.5 Å². The minimum Gasteiger partial charge on any atom is -0.504 e. The van der Waals surface area contributed by atoms with Gasteiger partial charge in [0.05, 0.1) is 12.3 Å². The second-order valence-corrected chi connectivity index (χ2v) is 19.4. The molecule has 4 bridgehead atoms. The molecule has 2 heterocycles. The number of aromatic nitrogens is 2. The van der Waals surface area contributed by atoms with Gasteiger partial charge in [0, 0.05) is 50.3 Å². The summed E-state index contributed by atoms with van der Waals surface area (Å²) in [6, 6.07) is 8.18. The fourth-order valence-electron chi connectivity index (χ4n) is 7.58. The van der Waals surface area contributed by atoms with Crippen molar-refractivity contribution in [2.45, 2.75) is 83.1 Å². The van der Waals surface area contributed by atoms with Crippen molar-refractivity contribution in [3.8, 4) is 39.8 Å². The molecule has 3 aromatic carbocycles. The number of nitrogens with zero attached hydrogens (tertiary/aromatic N) is 3. The quantitative estimate of drug-likeness (QED) is 0.0598. The average molecular weight is 1010 g/mol. The number of carbonyl (C=O) groups excluding carboxylic acids is 4. The summed E-state index contributed by atoms with van der Waals surface area (Å²) in [7, 11) is -1.83. The predicted molar refractivity (Wildman–Crippen MR) is 262 cm³/mol. The van der Waals surface area contributed by atoms with Crippen molar-refractivity contribution in [2.75, 3.05) is 52.3 Å². The van der Waals surface area contributed by atoms with Gasteiger partial charge in [-0.3, -0.25) is 19.2 Å². The fraction of sp³-hybridized carbons (Fsp3) is 0.426. The van der Waals surface area contributed by atoms with Gasteiger partial charge in [-0.2, -0.15) is 13.1 Å². The number of phenolic OH excluding ortho intramolecular Hbond substituents is 1. The Hall–Kier alpha value is -6.96. The largest absolute Gasteiger partial charge is 0.504 e. The highest BCUT2D eigenvalue weighted by atomic mass is 32.2. The standard InChI is InChI=1S/C47H63N11O12S/c1-24-37(41(51-6)57-40(53-24)27-10-12-29(13-11-27)47(3,4)5)43(62)56-34(22-52-71(50,67)68)45(64)58(7)38-28-19-32(39(60)36(20-28)70-23-30(59)21-49)31-17-26(9-14-35(31)69-16-8-15-48)18-33(46(65)66)55-42(61)25(2)54-44(38)63/h9-14,17,19-20,25,30,33-34,38,52,59-60H,8,15-16,18,21-23,48-49H2,1-7H3,(H,54,63)(H,55,61)(H,56,62)(H,65,66)(H2,50,67,68)(H,51,53,57)/t25-,30+,33-,34-,38-/m0/s1. The van der Waals surface area contributed by atoms with Gasteiger partial charge in [0.15, 0.2) is 17.3 Å². The molecule has 23 nitrogen and oxygen atoms in total. The molecule has 0 fully saturated rings. The number of benzene rings is 3. The van der Waals surface area contributed by atoms with E-state index in [1.807, 2.05) is 29.0 Å². The number of aryl methyl sites for hydroxylation is 1. The molecule has 4 aromatic rings. The van der Waals surface area contributed by atoms with Crippen LogP contribution in [-0.4, -0.2) is 139 Å². The molecule has 0 unspecified atom stereocenters. The number of nitrogens with two attached hydrogens (primary N) is 3. The third kappa shape index (κ3) is 13.9. The molecule has 1 aliphatic rings. The number of likely N-dealkylation sites (N-methyl/N-ethyl adjacent to an activating group) is 1. The Morgan fingerprint density at radius 3 is 2.27 bits per heavy atom. The minimum absolute atomic E-state index is 0.0478. The zero-order valence-electron chi connectivity index (χ0n) is 40.5. The topological polar surface area (TPSA) is 366 Å². The number of aliphatic hydroxyl groups is 1. The molecule has 24 heteroatoms. The van der Waals surface area contributed by atoms with Crippen molar-refractivity contribution < 1.29 is 57.2 Å². The van der Waals surface area contributed by atoms with E-state index in [9.17, 15) is 47.7 Å². The third-order valence-electron chi connectivity index (χ3n) is 11.5. The zero-order valence-corrected chi connectivity index (χ0v) is 41.3. The van der Waals surface area contributed by atoms with Crippen LogP contribution in [0.5, 0.6) is 17.2 Å². The number of rotatable bonds is 18. The maximum atomic E-state index is 14.9. The molecular formula is C47H63N11O12S. The SMILES string of the molecule is CNc1nc(-c2ccc(C(C)(C)C)cc2)nc(C)c1C(=O)N[C@@H](CNS(N)(=O)=O)C(=O)N(C)[C@@H]1C(=O)N[C@@H](C)C(=O)N[C@H](C(=O)O)Cc2ccc(OCCCN)c(c2)-c2cc1cc(OC[C@H](O)CN)c2O. The third-order valence-corrected chi connectivity index (χ3v) is 12.1. The summed E-state index contributed by atoms with van der Waals surface area (Å²) in [5.74, 6) is -5.68. The number of aliphatic carboxylic acids is 1. The van der Waals surface area contributed by atoms with Gasteiger partial charge in [0.25, 0.3) is 16.1 Å². The maximum absolute atomic E-state index is 14.9. The first-order chi connectivity index (χ1) is 33.4. The summed E-state index contributed by atoms with van der Waals surface area (Å²) >= 11 is 0. The normalized spacial score (nSPS) is 17.1. The number of hydrogen-bond donors (Lipinski definition) is 11. The zero-order chi connectivity index (χ0) is 52.5. The Kier molecular flexibility index (Phi) is 18.0. The Morgan fingerprint density at radius 1 is 0.972 bits per heavy atom. The van der Waals surface area contributed by atoms with Crippen LogP contribution in [0.1, 0.15) is 72.9 Å². The Morgan fingerprint density at radius 2 is 1.66 bits per heavy atom. The lowest BCUT2D eigenvalue weighted by Crippen LogP contribution is -2.57. The first-order valence-corrected chi connectivity index (χ1v) is 24.1. The lowest BCUT2D eigenvalue weighted by molar-refractivity contribution is -0.143. The Balaban J connectivity index is 1.67. The molecule has 384 valence electrons. The van der Waals surface area contributed by atoms with Crippen LogP contribution < -0.4 is 52.1 Å². The molecule has 5 atom stereocenters. The molecule has 14 N–H and O–H groups in total. The number of aliphatic hydroxyl groups excluding tert-OH is 1. The number of aromatic hydroxyl groups is 1. The molecule has 0 aliphatic carbocycles. The number of carboxylic acids is 1. The molecule has 0 saturated carbocycles. The second-order valence-electron chi connectivity index (χ2n) is 18.0. The first-order valence-electron chi connectivity index (χ1n) is 22.6. The van der Waals surface area contributed by atoms with E-state index in [0.29, 0.717) is 17.5 Å². The van der Waals surface area contributed by atoms with Crippen LogP contribution >= 0.6 is 0 Å². The van der Waals surface area contributed by atoms with E-state index < -0.39 is 89.0 Å². The van der Waals surface area contributed by atoms with Crippen LogP contribution in [0, 0.1) is 6.92 Å². The van der Waals surface area contributed by atoms with Crippen LogP contribution in [0.2, 0.25) is 0 Å². The first kappa shape index (κ1) is 55.0. The highest BCUT2D eigenvalue weighted by molar-refractivity contribution is 7.87.